The van der Waals surface area contributed by atoms with Crippen LogP contribution in [-0.2, 0) is 32.0 Å². The summed E-state index contributed by atoms with van der Waals surface area (Å²) >= 11 is 1.55. The number of amides is 3. The molecule has 4 unspecified atom stereocenters. The predicted octanol–water partition coefficient (Wildman–Crippen LogP) is 0.926. The Balaban J connectivity index is 2.22. The molecule has 4 atom stereocenters. The molecule has 2 aromatic carbocycles. The number of unbranched alkanes of at least 4 members (excludes halogenated alkanes) is 1. The molecule has 0 saturated heterocycles. The molecule has 0 aromatic heterocycles. The van der Waals surface area contributed by atoms with Gasteiger partial charge in [-0.15, -0.1) is 0 Å². The van der Waals surface area contributed by atoms with E-state index in [1.165, 1.54) is 12.1 Å². The van der Waals surface area contributed by atoms with E-state index in [4.69, 9.17) is 11.5 Å². The summed E-state index contributed by atoms with van der Waals surface area (Å²) in [7, 11) is 0. The van der Waals surface area contributed by atoms with Crippen LogP contribution in [0.2, 0.25) is 0 Å². The van der Waals surface area contributed by atoms with Gasteiger partial charge in [0.05, 0.1) is 6.04 Å². The van der Waals surface area contributed by atoms with Gasteiger partial charge < -0.3 is 37.6 Å². The Labute approximate surface area is 244 Å². The van der Waals surface area contributed by atoms with Crippen LogP contribution in [0.3, 0.4) is 0 Å². The molecule has 0 saturated carbocycles. The van der Waals surface area contributed by atoms with Crippen molar-refractivity contribution in [3.8, 4) is 5.75 Å². The highest BCUT2D eigenvalue weighted by Crippen LogP contribution is 2.13. The summed E-state index contributed by atoms with van der Waals surface area (Å²) < 4.78 is 0. The number of rotatable bonds is 18. The number of aliphatic carboxylic acids is 1. The average Bonchev–Trinajstić information content (AvgIpc) is 2.96. The number of nitrogens with two attached hydrogens (primary N) is 2. The van der Waals surface area contributed by atoms with Crippen LogP contribution < -0.4 is 27.4 Å². The van der Waals surface area contributed by atoms with E-state index >= 15 is 0 Å². The van der Waals surface area contributed by atoms with E-state index < -0.39 is 47.9 Å². The van der Waals surface area contributed by atoms with E-state index in [0.29, 0.717) is 37.1 Å². The first-order valence-electron chi connectivity index (χ1n) is 13.5. The molecule has 0 bridgehead atoms. The quantitative estimate of drug-likeness (QED) is 0.124. The van der Waals surface area contributed by atoms with Crippen LogP contribution in [0, 0.1) is 0 Å². The molecule has 0 aliphatic carbocycles. The molecule has 2 aromatic rings. The Bertz CT molecular complexity index is 1120. The number of hydrogen-bond donors (Lipinski definition) is 7. The Morgan fingerprint density at radius 2 is 1.34 bits per heavy atom. The molecule has 3 amide bonds. The Morgan fingerprint density at radius 1 is 0.780 bits per heavy atom. The molecule has 9 N–H and O–H groups in total. The van der Waals surface area contributed by atoms with Crippen molar-refractivity contribution in [3.63, 3.8) is 0 Å². The minimum absolute atomic E-state index is 0.0537. The second-order valence-electron chi connectivity index (χ2n) is 9.75. The van der Waals surface area contributed by atoms with Crippen molar-refractivity contribution in [1.29, 1.82) is 0 Å². The largest absolute Gasteiger partial charge is 0.508 e. The van der Waals surface area contributed by atoms with E-state index in [-0.39, 0.29) is 25.0 Å². The number of phenols is 1. The van der Waals surface area contributed by atoms with Crippen molar-refractivity contribution < 1.29 is 29.4 Å². The lowest BCUT2D eigenvalue weighted by molar-refractivity contribution is -0.142. The van der Waals surface area contributed by atoms with Gasteiger partial charge in [-0.05, 0) is 67.5 Å². The molecule has 0 aliphatic heterocycles. The minimum Gasteiger partial charge on any atom is -0.508 e. The first-order valence-corrected chi connectivity index (χ1v) is 14.9. The molecule has 224 valence electrons. The third-order valence-corrected chi connectivity index (χ3v) is 7.10. The maximum Gasteiger partial charge on any atom is 0.326 e. The van der Waals surface area contributed by atoms with Gasteiger partial charge in [-0.1, -0.05) is 42.5 Å². The third-order valence-electron chi connectivity index (χ3n) is 6.46. The molecule has 2 rings (SSSR count). The van der Waals surface area contributed by atoms with Gasteiger partial charge in [0, 0.05) is 12.8 Å². The summed E-state index contributed by atoms with van der Waals surface area (Å²) in [6, 6.07) is 10.9. The van der Waals surface area contributed by atoms with Crippen molar-refractivity contribution in [1.82, 2.24) is 16.0 Å². The molecular weight excluding hydrogens is 546 g/mol. The Morgan fingerprint density at radius 3 is 1.95 bits per heavy atom. The van der Waals surface area contributed by atoms with Gasteiger partial charge in [0.1, 0.15) is 23.9 Å². The summed E-state index contributed by atoms with van der Waals surface area (Å²) in [5.41, 5.74) is 13.0. The number of hydrogen-bond acceptors (Lipinski definition) is 8. The van der Waals surface area contributed by atoms with E-state index in [0.717, 1.165) is 5.56 Å². The lowest BCUT2D eigenvalue weighted by atomic mass is 10.0. The number of nitrogens with one attached hydrogen (secondary N) is 3. The lowest BCUT2D eigenvalue weighted by Crippen LogP contribution is -2.57. The van der Waals surface area contributed by atoms with Crippen molar-refractivity contribution in [2.24, 2.45) is 11.5 Å². The SMILES string of the molecule is CSCCC(N)C(=O)NC(Cc1ccc(O)cc1)C(=O)NC(CCCCN)C(=O)NC(Cc1ccccc1)C(=O)O. The van der Waals surface area contributed by atoms with Gasteiger partial charge in [-0.2, -0.15) is 11.8 Å². The maximum absolute atomic E-state index is 13.5. The number of carboxylic acids is 1. The average molecular weight is 588 g/mol. The number of benzene rings is 2. The van der Waals surface area contributed by atoms with E-state index in [2.05, 4.69) is 16.0 Å². The van der Waals surface area contributed by atoms with Crippen LogP contribution in [0.1, 0.15) is 36.8 Å². The molecule has 0 radical (unpaired) electrons. The molecule has 41 heavy (non-hydrogen) atoms. The summed E-state index contributed by atoms with van der Waals surface area (Å²) in [6.07, 6.45) is 3.80. The molecule has 0 aliphatic rings. The normalized spacial score (nSPS) is 13.8. The summed E-state index contributed by atoms with van der Waals surface area (Å²) in [4.78, 5) is 51.5. The number of phenolic OH excluding ortho intramolecular Hbond substituents is 1. The topological polar surface area (TPSA) is 197 Å². The number of carbonyl (C=O) groups excluding carboxylic acids is 3. The highest BCUT2D eigenvalue weighted by atomic mass is 32.2. The minimum atomic E-state index is -1.21. The Kier molecular flexibility index (Phi) is 14.7. The fourth-order valence-electron chi connectivity index (χ4n) is 4.09. The molecule has 0 fully saturated rings. The molecular formula is C29H41N5O6S. The first kappa shape index (κ1) is 33.6. The van der Waals surface area contributed by atoms with Gasteiger partial charge in [-0.3, -0.25) is 14.4 Å². The zero-order valence-electron chi connectivity index (χ0n) is 23.3. The van der Waals surface area contributed by atoms with Crippen LogP contribution in [-0.4, -0.2) is 76.6 Å². The Hall–Kier alpha value is -3.61. The third kappa shape index (κ3) is 12.2. The van der Waals surface area contributed by atoms with Crippen molar-refractivity contribution in [2.45, 2.75) is 62.7 Å². The second-order valence-corrected chi connectivity index (χ2v) is 10.7. The molecule has 12 heteroatoms. The van der Waals surface area contributed by atoms with Gasteiger partial charge in [0.2, 0.25) is 17.7 Å². The van der Waals surface area contributed by atoms with Crippen molar-refractivity contribution in [3.05, 3.63) is 65.7 Å². The van der Waals surface area contributed by atoms with Gasteiger partial charge in [0.15, 0.2) is 0 Å². The van der Waals surface area contributed by atoms with Crippen LogP contribution in [0.5, 0.6) is 5.75 Å². The van der Waals surface area contributed by atoms with Crippen LogP contribution in [0.15, 0.2) is 54.6 Å². The summed E-state index contributed by atoms with van der Waals surface area (Å²) in [6.45, 7) is 0.390. The van der Waals surface area contributed by atoms with Gasteiger partial charge in [-0.25, -0.2) is 4.79 Å². The van der Waals surface area contributed by atoms with Crippen LogP contribution in [0.25, 0.3) is 0 Å². The smallest absolute Gasteiger partial charge is 0.326 e. The fourth-order valence-corrected chi connectivity index (χ4v) is 4.58. The van der Waals surface area contributed by atoms with Gasteiger partial charge in [0.25, 0.3) is 0 Å². The highest BCUT2D eigenvalue weighted by Gasteiger charge is 2.30. The number of thioether (sulfide) groups is 1. The monoisotopic (exact) mass is 587 g/mol. The first-order chi connectivity index (χ1) is 19.6. The van der Waals surface area contributed by atoms with Crippen molar-refractivity contribution in [2.75, 3.05) is 18.6 Å². The number of aromatic hydroxyl groups is 1. The van der Waals surface area contributed by atoms with Crippen LogP contribution >= 0.6 is 11.8 Å². The second kappa shape index (κ2) is 17.9. The van der Waals surface area contributed by atoms with Crippen LogP contribution in [0.4, 0.5) is 0 Å². The maximum atomic E-state index is 13.5. The lowest BCUT2D eigenvalue weighted by Gasteiger charge is -2.25. The number of carboxylic acid groups (broad SMARTS) is 1. The standard InChI is InChI=1S/C29H41N5O6S/c1-41-16-14-22(31)26(36)33-24(17-20-10-12-21(35)13-11-20)28(38)32-23(9-5-6-15-30)27(37)34-25(29(39)40)18-19-7-3-2-4-8-19/h2-4,7-8,10-13,22-25,35H,5-6,9,14-18,30-31H2,1H3,(H,32,38)(H,33,36)(H,34,37)(H,39,40). The van der Waals surface area contributed by atoms with Crippen molar-refractivity contribution >= 4 is 35.5 Å². The molecule has 0 heterocycles. The highest BCUT2D eigenvalue weighted by molar-refractivity contribution is 7.98. The zero-order valence-corrected chi connectivity index (χ0v) is 24.1. The molecule has 11 nitrogen and oxygen atoms in total. The van der Waals surface area contributed by atoms with E-state index in [1.807, 2.05) is 12.3 Å². The van der Waals surface area contributed by atoms with E-state index in [9.17, 15) is 29.4 Å². The zero-order chi connectivity index (χ0) is 30.2. The summed E-state index contributed by atoms with van der Waals surface area (Å²) in [5, 5.41) is 27.3. The number of carbonyl (C=O) groups is 4. The summed E-state index contributed by atoms with van der Waals surface area (Å²) in [5.74, 6) is -2.25. The fraction of sp³-hybridized carbons (Fsp3) is 0.448. The van der Waals surface area contributed by atoms with E-state index in [1.54, 1.807) is 48.2 Å². The predicted molar refractivity (Wildman–Crippen MR) is 159 cm³/mol. The molecule has 0 spiro atoms. The van der Waals surface area contributed by atoms with Gasteiger partial charge >= 0.3 is 5.97 Å².